The minimum atomic E-state index is 1.01. The van der Waals surface area contributed by atoms with Gasteiger partial charge < -0.3 is 4.52 Å². The van der Waals surface area contributed by atoms with Crippen molar-refractivity contribution in [2.75, 3.05) is 0 Å². The number of rotatable bonds is 1. The van der Waals surface area contributed by atoms with Gasteiger partial charge in [-0.05, 0) is 13.3 Å². The van der Waals surface area contributed by atoms with E-state index in [0.717, 1.165) is 12.1 Å². The number of aromatic nitrogens is 1. The van der Waals surface area contributed by atoms with E-state index in [1.807, 2.05) is 6.92 Å². The van der Waals surface area contributed by atoms with Crippen molar-refractivity contribution in [3.8, 4) is 0 Å². The summed E-state index contributed by atoms with van der Waals surface area (Å²) in [6, 6.07) is 0. The van der Waals surface area contributed by atoms with Crippen LogP contribution in [0.15, 0.2) is 10.8 Å². The molecule has 2 heteroatoms. The number of aryl methyl sites for hydroxylation is 2. The van der Waals surface area contributed by atoms with E-state index in [-0.39, 0.29) is 0 Å². The summed E-state index contributed by atoms with van der Waals surface area (Å²) in [6.45, 7) is 4.03. The molecule has 44 valence electrons. The summed E-state index contributed by atoms with van der Waals surface area (Å²) in [5.41, 5.74) is 2.21. The van der Waals surface area contributed by atoms with Gasteiger partial charge in [0.15, 0.2) is 0 Å². The predicted molar refractivity (Wildman–Crippen MR) is 30.6 cm³/mol. The van der Waals surface area contributed by atoms with Crippen LogP contribution in [0, 0.1) is 6.92 Å². The lowest BCUT2D eigenvalue weighted by atomic mass is 10.2. The Hall–Kier alpha value is -0.790. The highest BCUT2D eigenvalue weighted by Crippen LogP contribution is 2.03. The molecule has 0 aliphatic rings. The predicted octanol–water partition coefficient (Wildman–Crippen LogP) is 1.55. The fourth-order valence-electron chi connectivity index (χ4n) is 0.652. The Morgan fingerprint density at radius 1 is 1.75 bits per heavy atom. The van der Waals surface area contributed by atoms with Crippen LogP contribution in [0.5, 0.6) is 0 Å². The van der Waals surface area contributed by atoms with Crippen LogP contribution in [-0.4, -0.2) is 5.16 Å². The Kier molecular flexibility index (Phi) is 1.33. The van der Waals surface area contributed by atoms with Gasteiger partial charge in [0.25, 0.3) is 0 Å². The largest absolute Gasteiger partial charge is 0.364 e. The van der Waals surface area contributed by atoms with Gasteiger partial charge >= 0.3 is 0 Å². The average molecular weight is 111 g/mol. The second-order valence-corrected chi connectivity index (χ2v) is 1.78. The van der Waals surface area contributed by atoms with Crippen molar-refractivity contribution >= 4 is 0 Å². The van der Waals surface area contributed by atoms with Crippen molar-refractivity contribution in [1.29, 1.82) is 0 Å². The first-order valence-corrected chi connectivity index (χ1v) is 2.74. The third kappa shape index (κ3) is 0.735. The van der Waals surface area contributed by atoms with E-state index in [0.29, 0.717) is 0 Å². The lowest BCUT2D eigenvalue weighted by molar-refractivity contribution is 0.414. The van der Waals surface area contributed by atoms with Gasteiger partial charge in [-0.25, -0.2) is 0 Å². The van der Waals surface area contributed by atoms with Gasteiger partial charge in [0.2, 0.25) is 0 Å². The number of nitrogens with zero attached hydrogens (tertiary/aromatic N) is 1. The third-order valence-corrected chi connectivity index (χ3v) is 1.23. The van der Waals surface area contributed by atoms with Crippen LogP contribution in [0.4, 0.5) is 0 Å². The smallest absolute Gasteiger partial charge is 0.127 e. The van der Waals surface area contributed by atoms with Gasteiger partial charge in [0, 0.05) is 5.56 Å². The minimum Gasteiger partial charge on any atom is -0.364 e. The second kappa shape index (κ2) is 1.99. The Morgan fingerprint density at radius 2 is 2.50 bits per heavy atom. The number of hydrogen-bond donors (Lipinski definition) is 0. The van der Waals surface area contributed by atoms with Crippen LogP contribution in [0.1, 0.15) is 18.2 Å². The summed E-state index contributed by atoms with van der Waals surface area (Å²) in [5, 5.41) is 3.71. The van der Waals surface area contributed by atoms with Crippen LogP contribution in [-0.2, 0) is 6.42 Å². The molecule has 1 aromatic rings. The Balaban J connectivity index is 2.92. The SMILES string of the molecule is CCc1conc1C. The van der Waals surface area contributed by atoms with Gasteiger partial charge in [-0.2, -0.15) is 0 Å². The molecular formula is C6H9NO. The van der Waals surface area contributed by atoms with Crippen molar-refractivity contribution in [2.24, 2.45) is 0 Å². The quantitative estimate of drug-likeness (QED) is 0.549. The summed E-state index contributed by atoms with van der Waals surface area (Å²) in [5.74, 6) is 0. The normalized spacial score (nSPS) is 9.75. The van der Waals surface area contributed by atoms with Gasteiger partial charge in [-0.3, -0.25) is 0 Å². The molecule has 0 atom stereocenters. The van der Waals surface area contributed by atoms with Gasteiger partial charge in [0.05, 0.1) is 5.69 Å². The third-order valence-electron chi connectivity index (χ3n) is 1.23. The van der Waals surface area contributed by atoms with E-state index in [1.165, 1.54) is 5.56 Å². The molecule has 0 amide bonds. The second-order valence-electron chi connectivity index (χ2n) is 1.78. The number of hydrogen-bond acceptors (Lipinski definition) is 2. The van der Waals surface area contributed by atoms with Crippen molar-refractivity contribution in [2.45, 2.75) is 20.3 Å². The molecule has 2 nitrogen and oxygen atoms in total. The first kappa shape index (κ1) is 5.35. The molecule has 1 heterocycles. The zero-order valence-corrected chi connectivity index (χ0v) is 5.14. The fraction of sp³-hybridized carbons (Fsp3) is 0.500. The van der Waals surface area contributed by atoms with E-state index in [2.05, 4.69) is 16.6 Å². The summed E-state index contributed by atoms with van der Waals surface area (Å²) in [4.78, 5) is 0. The van der Waals surface area contributed by atoms with Crippen LogP contribution in [0.25, 0.3) is 0 Å². The van der Waals surface area contributed by atoms with Crippen LogP contribution in [0.2, 0.25) is 0 Å². The summed E-state index contributed by atoms with van der Waals surface area (Å²) >= 11 is 0. The van der Waals surface area contributed by atoms with Crippen molar-refractivity contribution in [1.82, 2.24) is 5.16 Å². The first-order valence-electron chi connectivity index (χ1n) is 2.74. The molecule has 0 saturated heterocycles. The Bertz CT molecular complexity index is 169. The van der Waals surface area contributed by atoms with E-state index in [9.17, 15) is 0 Å². The standard InChI is InChI=1S/C6H9NO/c1-3-6-4-8-7-5(6)2/h4H,3H2,1-2H3. The van der Waals surface area contributed by atoms with Crippen molar-refractivity contribution in [3.05, 3.63) is 17.5 Å². The first-order chi connectivity index (χ1) is 3.84. The van der Waals surface area contributed by atoms with E-state index < -0.39 is 0 Å². The molecule has 0 aliphatic carbocycles. The molecule has 0 aliphatic heterocycles. The van der Waals surface area contributed by atoms with Crippen LogP contribution < -0.4 is 0 Å². The maximum Gasteiger partial charge on any atom is 0.127 e. The molecule has 0 saturated carbocycles. The highest BCUT2D eigenvalue weighted by Gasteiger charge is 1.96. The highest BCUT2D eigenvalue weighted by molar-refractivity contribution is 5.11. The fourth-order valence-corrected chi connectivity index (χ4v) is 0.652. The zero-order chi connectivity index (χ0) is 5.98. The lowest BCUT2D eigenvalue weighted by Crippen LogP contribution is -1.77. The highest BCUT2D eigenvalue weighted by atomic mass is 16.5. The molecule has 0 unspecified atom stereocenters. The van der Waals surface area contributed by atoms with Crippen LogP contribution >= 0.6 is 0 Å². The maximum absolute atomic E-state index is 4.69. The molecule has 0 fully saturated rings. The van der Waals surface area contributed by atoms with Gasteiger partial charge in [-0.1, -0.05) is 12.1 Å². The molecule has 0 N–H and O–H groups in total. The van der Waals surface area contributed by atoms with Crippen molar-refractivity contribution in [3.63, 3.8) is 0 Å². The molecule has 0 aromatic carbocycles. The topological polar surface area (TPSA) is 26.0 Å². The Labute approximate surface area is 48.5 Å². The van der Waals surface area contributed by atoms with Gasteiger partial charge in [-0.15, -0.1) is 0 Å². The van der Waals surface area contributed by atoms with Gasteiger partial charge in [0.1, 0.15) is 6.26 Å². The van der Waals surface area contributed by atoms with Crippen LogP contribution in [0.3, 0.4) is 0 Å². The van der Waals surface area contributed by atoms with E-state index >= 15 is 0 Å². The summed E-state index contributed by atoms with van der Waals surface area (Å²) in [7, 11) is 0. The van der Waals surface area contributed by atoms with E-state index in [4.69, 9.17) is 0 Å². The monoisotopic (exact) mass is 111 g/mol. The Morgan fingerprint density at radius 3 is 2.75 bits per heavy atom. The molecule has 1 rings (SSSR count). The lowest BCUT2D eigenvalue weighted by Gasteiger charge is -1.82. The van der Waals surface area contributed by atoms with Crippen molar-refractivity contribution < 1.29 is 4.52 Å². The molecule has 0 bridgehead atoms. The summed E-state index contributed by atoms with van der Waals surface area (Å²) in [6.07, 6.45) is 2.70. The van der Waals surface area contributed by atoms with E-state index in [1.54, 1.807) is 6.26 Å². The molecule has 0 radical (unpaired) electrons. The maximum atomic E-state index is 4.69. The molecule has 0 spiro atoms. The average Bonchev–Trinajstić information content (AvgIpc) is 2.14. The zero-order valence-electron chi connectivity index (χ0n) is 5.14. The summed E-state index contributed by atoms with van der Waals surface area (Å²) < 4.78 is 4.69. The molecule has 8 heavy (non-hydrogen) atoms. The molecular weight excluding hydrogens is 102 g/mol. The minimum absolute atomic E-state index is 1.01. The molecule has 1 aromatic heterocycles.